The fourth-order valence-electron chi connectivity index (χ4n) is 2.73. The number of sulfone groups is 1. The fraction of sp³-hybridized carbons (Fsp3) is 0.600. The molecule has 106 valence electrons. The SMILES string of the molecule is Cc1ccccc1CCCN1CCS(=O)(=O)C[C@H]1C. The third-order valence-electron chi connectivity index (χ3n) is 3.96. The summed E-state index contributed by atoms with van der Waals surface area (Å²) >= 11 is 0. The number of benzene rings is 1. The maximum absolute atomic E-state index is 11.5. The van der Waals surface area contributed by atoms with E-state index < -0.39 is 9.84 Å². The normalized spacial score (nSPS) is 23.4. The molecule has 1 aromatic carbocycles. The van der Waals surface area contributed by atoms with Crippen LogP contribution in [0.4, 0.5) is 0 Å². The summed E-state index contributed by atoms with van der Waals surface area (Å²) in [6.07, 6.45) is 2.16. The van der Waals surface area contributed by atoms with E-state index in [0.717, 1.165) is 19.4 Å². The van der Waals surface area contributed by atoms with Gasteiger partial charge in [-0.15, -0.1) is 0 Å². The van der Waals surface area contributed by atoms with E-state index in [9.17, 15) is 8.42 Å². The van der Waals surface area contributed by atoms with Gasteiger partial charge in [-0.05, 0) is 44.4 Å². The Morgan fingerprint density at radius 2 is 2.05 bits per heavy atom. The average Bonchev–Trinajstić information content (AvgIpc) is 2.33. The van der Waals surface area contributed by atoms with Crippen molar-refractivity contribution in [2.24, 2.45) is 0 Å². The first-order valence-corrected chi connectivity index (χ1v) is 8.79. The van der Waals surface area contributed by atoms with E-state index in [0.29, 0.717) is 18.1 Å². The first-order valence-electron chi connectivity index (χ1n) is 6.97. The van der Waals surface area contributed by atoms with E-state index in [-0.39, 0.29) is 6.04 Å². The van der Waals surface area contributed by atoms with Crippen LogP contribution >= 0.6 is 0 Å². The summed E-state index contributed by atoms with van der Waals surface area (Å²) in [7, 11) is -2.79. The maximum atomic E-state index is 11.5. The first kappa shape index (κ1) is 14.5. The second-order valence-electron chi connectivity index (χ2n) is 5.53. The fourth-order valence-corrected chi connectivity index (χ4v) is 4.35. The highest BCUT2D eigenvalue weighted by atomic mass is 32.2. The van der Waals surface area contributed by atoms with Crippen LogP contribution in [-0.4, -0.2) is 44.0 Å². The second kappa shape index (κ2) is 6.06. The summed E-state index contributed by atoms with van der Waals surface area (Å²) in [6, 6.07) is 8.63. The van der Waals surface area contributed by atoms with Crippen LogP contribution in [0, 0.1) is 6.92 Å². The Balaban J connectivity index is 1.82. The van der Waals surface area contributed by atoms with Crippen molar-refractivity contribution in [3.8, 4) is 0 Å². The molecule has 0 spiro atoms. The highest BCUT2D eigenvalue weighted by Crippen LogP contribution is 2.14. The van der Waals surface area contributed by atoms with Gasteiger partial charge in [0.25, 0.3) is 0 Å². The summed E-state index contributed by atoms with van der Waals surface area (Å²) in [5, 5.41) is 0. The van der Waals surface area contributed by atoms with E-state index >= 15 is 0 Å². The third kappa shape index (κ3) is 4.05. The van der Waals surface area contributed by atoms with E-state index in [1.807, 2.05) is 6.92 Å². The van der Waals surface area contributed by atoms with E-state index in [1.54, 1.807) is 0 Å². The Bertz CT molecular complexity index is 525. The van der Waals surface area contributed by atoms with Crippen LogP contribution in [0.25, 0.3) is 0 Å². The molecular weight excluding hydrogens is 258 g/mol. The van der Waals surface area contributed by atoms with E-state index in [1.165, 1.54) is 11.1 Å². The van der Waals surface area contributed by atoms with Gasteiger partial charge in [0.2, 0.25) is 0 Å². The largest absolute Gasteiger partial charge is 0.299 e. The van der Waals surface area contributed by atoms with Crippen molar-refractivity contribution in [2.45, 2.75) is 32.7 Å². The standard InChI is InChI=1S/C15H23NO2S/c1-13-6-3-4-7-15(13)8-5-9-16-10-11-19(17,18)12-14(16)2/h3-4,6-7,14H,5,8-12H2,1-2H3/t14-/m1/s1. The molecule has 1 fully saturated rings. The highest BCUT2D eigenvalue weighted by Gasteiger charge is 2.27. The van der Waals surface area contributed by atoms with Crippen molar-refractivity contribution in [3.63, 3.8) is 0 Å². The molecule has 1 aliphatic rings. The van der Waals surface area contributed by atoms with Gasteiger partial charge in [0, 0.05) is 12.6 Å². The zero-order valence-corrected chi connectivity index (χ0v) is 12.6. The molecule has 0 radical (unpaired) electrons. The highest BCUT2D eigenvalue weighted by molar-refractivity contribution is 7.91. The summed E-state index contributed by atoms with van der Waals surface area (Å²) in [6.45, 7) is 5.85. The minimum Gasteiger partial charge on any atom is -0.299 e. The lowest BCUT2D eigenvalue weighted by Crippen LogP contribution is -2.47. The molecule has 1 saturated heterocycles. The summed E-state index contributed by atoms with van der Waals surface area (Å²) < 4.78 is 23.0. The van der Waals surface area contributed by atoms with Crippen LogP contribution in [0.5, 0.6) is 0 Å². The van der Waals surface area contributed by atoms with Crippen LogP contribution in [0.3, 0.4) is 0 Å². The average molecular weight is 281 g/mol. The van der Waals surface area contributed by atoms with Crippen molar-refractivity contribution < 1.29 is 8.42 Å². The topological polar surface area (TPSA) is 37.4 Å². The monoisotopic (exact) mass is 281 g/mol. The van der Waals surface area contributed by atoms with Crippen molar-refractivity contribution in [2.75, 3.05) is 24.6 Å². The molecule has 19 heavy (non-hydrogen) atoms. The predicted octanol–water partition coefficient (Wildman–Crippen LogP) is 2.05. The molecule has 0 aromatic heterocycles. The molecule has 0 N–H and O–H groups in total. The van der Waals surface area contributed by atoms with Gasteiger partial charge in [-0.25, -0.2) is 8.42 Å². The smallest absolute Gasteiger partial charge is 0.153 e. The number of aryl methyl sites for hydroxylation is 2. The van der Waals surface area contributed by atoms with Crippen LogP contribution in [0.2, 0.25) is 0 Å². The Labute approximate surface area is 116 Å². The molecule has 4 heteroatoms. The molecule has 3 nitrogen and oxygen atoms in total. The Kier molecular flexibility index (Phi) is 4.63. The molecule has 0 saturated carbocycles. The van der Waals surface area contributed by atoms with E-state index in [4.69, 9.17) is 0 Å². The van der Waals surface area contributed by atoms with Crippen molar-refractivity contribution >= 4 is 9.84 Å². The lowest BCUT2D eigenvalue weighted by Gasteiger charge is -2.33. The predicted molar refractivity (Wildman–Crippen MR) is 79.2 cm³/mol. The first-order chi connectivity index (χ1) is 8.98. The van der Waals surface area contributed by atoms with Gasteiger partial charge in [0.15, 0.2) is 9.84 Å². The van der Waals surface area contributed by atoms with Crippen LogP contribution in [-0.2, 0) is 16.3 Å². The van der Waals surface area contributed by atoms with Crippen LogP contribution in [0.15, 0.2) is 24.3 Å². The Morgan fingerprint density at radius 1 is 1.32 bits per heavy atom. The summed E-state index contributed by atoms with van der Waals surface area (Å²) in [5.74, 6) is 0.638. The van der Waals surface area contributed by atoms with E-state index in [2.05, 4.69) is 36.1 Å². The summed E-state index contributed by atoms with van der Waals surface area (Å²) in [4.78, 5) is 2.30. The molecule has 1 heterocycles. The molecule has 1 aliphatic heterocycles. The maximum Gasteiger partial charge on any atom is 0.153 e. The Hall–Kier alpha value is -0.870. The molecule has 1 aromatic rings. The Morgan fingerprint density at radius 3 is 2.74 bits per heavy atom. The zero-order chi connectivity index (χ0) is 13.9. The molecule has 0 bridgehead atoms. The number of hydrogen-bond acceptors (Lipinski definition) is 3. The van der Waals surface area contributed by atoms with Crippen LogP contribution in [0.1, 0.15) is 24.5 Å². The molecule has 1 atom stereocenters. The minimum absolute atomic E-state index is 0.163. The number of rotatable bonds is 4. The van der Waals surface area contributed by atoms with Gasteiger partial charge in [-0.2, -0.15) is 0 Å². The van der Waals surface area contributed by atoms with Gasteiger partial charge >= 0.3 is 0 Å². The van der Waals surface area contributed by atoms with Gasteiger partial charge < -0.3 is 0 Å². The van der Waals surface area contributed by atoms with Gasteiger partial charge in [-0.3, -0.25) is 4.90 Å². The van der Waals surface area contributed by atoms with Crippen molar-refractivity contribution in [1.82, 2.24) is 4.90 Å². The van der Waals surface area contributed by atoms with Gasteiger partial charge in [-0.1, -0.05) is 24.3 Å². The van der Waals surface area contributed by atoms with Crippen molar-refractivity contribution in [3.05, 3.63) is 35.4 Å². The quantitative estimate of drug-likeness (QED) is 0.847. The van der Waals surface area contributed by atoms with Crippen LogP contribution < -0.4 is 0 Å². The van der Waals surface area contributed by atoms with Gasteiger partial charge in [0.1, 0.15) is 0 Å². The lowest BCUT2D eigenvalue weighted by atomic mass is 10.0. The number of nitrogens with zero attached hydrogens (tertiary/aromatic N) is 1. The molecule has 0 aliphatic carbocycles. The molecular formula is C15H23NO2S. The number of hydrogen-bond donors (Lipinski definition) is 0. The lowest BCUT2D eigenvalue weighted by molar-refractivity contribution is 0.224. The van der Waals surface area contributed by atoms with Gasteiger partial charge in [0.05, 0.1) is 11.5 Å². The second-order valence-corrected chi connectivity index (χ2v) is 7.76. The summed E-state index contributed by atoms with van der Waals surface area (Å²) in [5.41, 5.74) is 2.75. The molecule has 0 amide bonds. The van der Waals surface area contributed by atoms with Crippen molar-refractivity contribution in [1.29, 1.82) is 0 Å². The third-order valence-corrected chi connectivity index (χ3v) is 5.76. The minimum atomic E-state index is -2.79. The molecule has 0 unspecified atom stereocenters. The zero-order valence-electron chi connectivity index (χ0n) is 11.8. The molecule has 2 rings (SSSR count).